The number of nitrogens with zero attached hydrogens (tertiary/aromatic N) is 2. The lowest BCUT2D eigenvalue weighted by molar-refractivity contribution is -0.132. The number of aromatic nitrogens is 1. The number of aliphatic hydroxyl groups excluding tert-OH is 1. The second-order valence-corrected chi connectivity index (χ2v) is 9.35. The molecule has 198 valence electrons. The van der Waals surface area contributed by atoms with Gasteiger partial charge in [-0.1, -0.05) is 17.4 Å². The molecule has 1 aliphatic rings. The average Bonchev–Trinajstić information content (AvgIpc) is 3.43. The summed E-state index contributed by atoms with van der Waals surface area (Å²) in [5, 5.41) is 11.5. The lowest BCUT2D eigenvalue weighted by atomic mass is 9.94. The minimum Gasteiger partial charge on any atom is -0.507 e. The van der Waals surface area contributed by atoms with Gasteiger partial charge in [0.25, 0.3) is 5.78 Å². The monoisotopic (exact) mass is 538 g/mol. The number of carbonyl (C=O) groups excluding carboxylic acids is 3. The van der Waals surface area contributed by atoms with Gasteiger partial charge in [-0.2, -0.15) is 0 Å². The Hall–Kier alpha value is -4.38. The number of hydrogen-bond acceptors (Lipinski definition) is 10. The van der Waals surface area contributed by atoms with Crippen LogP contribution in [0.2, 0.25) is 0 Å². The van der Waals surface area contributed by atoms with Crippen LogP contribution in [0.3, 0.4) is 0 Å². The Labute approximate surface area is 223 Å². The van der Waals surface area contributed by atoms with Crippen LogP contribution in [0.5, 0.6) is 17.2 Å². The Morgan fingerprint density at radius 3 is 2.21 bits per heavy atom. The Bertz CT molecular complexity index is 1480. The van der Waals surface area contributed by atoms with Crippen LogP contribution in [0.15, 0.2) is 42.0 Å². The van der Waals surface area contributed by atoms with E-state index in [4.69, 9.17) is 18.9 Å². The van der Waals surface area contributed by atoms with E-state index in [0.29, 0.717) is 34.1 Å². The van der Waals surface area contributed by atoms with E-state index in [9.17, 15) is 19.5 Å². The molecule has 4 rings (SSSR count). The van der Waals surface area contributed by atoms with Gasteiger partial charge in [0.2, 0.25) is 0 Å². The maximum absolute atomic E-state index is 13.5. The van der Waals surface area contributed by atoms with Gasteiger partial charge >= 0.3 is 11.9 Å². The summed E-state index contributed by atoms with van der Waals surface area (Å²) in [4.78, 5) is 44.9. The van der Waals surface area contributed by atoms with Crippen LogP contribution in [0.4, 0.5) is 5.13 Å². The summed E-state index contributed by atoms with van der Waals surface area (Å²) in [6, 6.07) is 8.78. The van der Waals surface area contributed by atoms with Crippen molar-refractivity contribution in [2.45, 2.75) is 19.9 Å². The van der Waals surface area contributed by atoms with Crippen LogP contribution >= 0.6 is 11.3 Å². The highest BCUT2D eigenvalue weighted by Gasteiger charge is 2.48. The number of rotatable bonds is 7. The second-order valence-electron chi connectivity index (χ2n) is 8.37. The van der Waals surface area contributed by atoms with E-state index >= 15 is 0 Å². The maximum atomic E-state index is 13.5. The zero-order valence-corrected chi connectivity index (χ0v) is 22.5. The minimum absolute atomic E-state index is 0.106. The average molecular weight is 539 g/mol. The fraction of sp³-hybridized carbons (Fsp3) is 0.259. The molecule has 2 heterocycles. The van der Waals surface area contributed by atoms with Gasteiger partial charge in [-0.3, -0.25) is 14.5 Å². The van der Waals surface area contributed by atoms with E-state index < -0.39 is 23.7 Å². The molecule has 1 saturated heterocycles. The van der Waals surface area contributed by atoms with E-state index in [0.717, 1.165) is 16.9 Å². The van der Waals surface area contributed by atoms with Crippen LogP contribution in [0.25, 0.3) is 5.76 Å². The fourth-order valence-corrected chi connectivity index (χ4v) is 5.33. The van der Waals surface area contributed by atoms with Crippen LogP contribution in [-0.4, -0.2) is 56.2 Å². The Kier molecular flexibility index (Phi) is 7.40. The topological polar surface area (TPSA) is 124 Å². The predicted molar refractivity (Wildman–Crippen MR) is 140 cm³/mol. The lowest BCUT2D eigenvalue weighted by Gasteiger charge is -2.24. The maximum Gasteiger partial charge on any atom is 0.350 e. The number of aryl methyl sites for hydroxylation is 2. The van der Waals surface area contributed by atoms with Crippen molar-refractivity contribution in [1.29, 1.82) is 0 Å². The molecule has 0 radical (unpaired) electrons. The summed E-state index contributed by atoms with van der Waals surface area (Å²) in [5.74, 6) is -1.37. The first-order valence-corrected chi connectivity index (χ1v) is 12.2. The molecule has 1 fully saturated rings. The number of thiazole rings is 1. The number of Topliss-reactive ketones (excluding diaryl/α,β-unsaturated/α-hetero) is 1. The van der Waals surface area contributed by atoms with Crippen molar-refractivity contribution in [3.8, 4) is 17.2 Å². The summed E-state index contributed by atoms with van der Waals surface area (Å²) in [6.07, 6.45) is 0. The number of aliphatic hydroxyl groups is 1. The zero-order valence-electron chi connectivity index (χ0n) is 21.6. The quantitative estimate of drug-likeness (QED) is 0.204. The molecule has 0 spiro atoms. The number of anilines is 1. The third-order valence-electron chi connectivity index (χ3n) is 6.20. The van der Waals surface area contributed by atoms with Crippen LogP contribution in [-0.2, 0) is 14.3 Å². The minimum atomic E-state index is -1.08. The molecule has 0 saturated carbocycles. The van der Waals surface area contributed by atoms with Gasteiger partial charge in [0.15, 0.2) is 16.6 Å². The third-order valence-corrected chi connectivity index (χ3v) is 7.33. The molecule has 1 aromatic heterocycles. The Morgan fingerprint density at radius 1 is 0.947 bits per heavy atom. The SMILES string of the molecule is COC(=O)c1sc(N2C(=O)C(=O)C(=C(O)c3ccc(OC)c(C)c3)[C@H]2c2ccc(OC)c(OC)c2)nc1C. The van der Waals surface area contributed by atoms with Gasteiger partial charge < -0.3 is 24.1 Å². The largest absolute Gasteiger partial charge is 0.507 e. The highest BCUT2D eigenvalue weighted by atomic mass is 32.1. The zero-order chi connectivity index (χ0) is 27.7. The van der Waals surface area contributed by atoms with E-state index in [1.54, 1.807) is 50.2 Å². The molecule has 11 heteroatoms. The number of methoxy groups -OCH3 is 4. The van der Waals surface area contributed by atoms with E-state index in [1.165, 1.54) is 33.3 Å². The molecule has 1 amide bonds. The first-order chi connectivity index (χ1) is 18.2. The van der Waals surface area contributed by atoms with Gasteiger partial charge in [0.05, 0.1) is 45.7 Å². The standard InChI is InChI=1S/C27H26N2O8S/c1-13-11-16(8-9-17(13)34-3)22(30)20-21(15-7-10-18(35-4)19(12-15)36-5)29(25(32)23(20)31)27-28-14(2)24(38-27)26(33)37-6/h7-12,21,30H,1-6H3/t21-/m1/s1. The summed E-state index contributed by atoms with van der Waals surface area (Å²) in [5.41, 5.74) is 1.72. The molecule has 38 heavy (non-hydrogen) atoms. The van der Waals surface area contributed by atoms with Crippen LogP contribution < -0.4 is 19.1 Å². The highest BCUT2D eigenvalue weighted by Crippen LogP contribution is 2.45. The number of benzene rings is 2. The van der Waals surface area contributed by atoms with E-state index in [2.05, 4.69) is 4.98 Å². The predicted octanol–water partition coefficient (Wildman–Crippen LogP) is 4.20. The molecule has 1 N–H and O–H groups in total. The molecule has 0 aliphatic carbocycles. The van der Waals surface area contributed by atoms with Crippen molar-refractivity contribution >= 4 is 39.9 Å². The van der Waals surface area contributed by atoms with Crippen molar-refractivity contribution in [2.75, 3.05) is 33.3 Å². The first-order valence-electron chi connectivity index (χ1n) is 11.4. The molecule has 1 aliphatic heterocycles. The van der Waals surface area contributed by atoms with E-state index in [-0.39, 0.29) is 21.3 Å². The first kappa shape index (κ1) is 26.7. The molecular formula is C27H26N2O8S. The highest BCUT2D eigenvalue weighted by molar-refractivity contribution is 7.17. The molecule has 1 atom stereocenters. The summed E-state index contributed by atoms with van der Waals surface area (Å²) < 4.78 is 20.9. The van der Waals surface area contributed by atoms with Crippen LogP contribution in [0, 0.1) is 13.8 Å². The molecule has 0 bridgehead atoms. The number of ether oxygens (including phenoxy) is 4. The lowest BCUT2D eigenvalue weighted by Crippen LogP contribution is -2.29. The van der Waals surface area contributed by atoms with Gasteiger partial charge in [0.1, 0.15) is 16.4 Å². The number of hydrogen-bond donors (Lipinski definition) is 1. The number of amides is 1. The summed E-state index contributed by atoms with van der Waals surface area (Å²) >= 11 is 0.919. The van der Waals surface area contributed by atoms with Crippen molar-refractivity contribution in [3.05, 3.63) is 69.2 Å². The van der Waals surface area contributed by atoms with E-state index in [1.807, 2.05) is 0 Å². The fourth-order valence-electron chi connectivity index (χ4n) is 4.32. The van der Waals surface area contributed by atoms with Gasteiger partial charge in [-0.05, 0) is 55.3 Å². The number of carbonyl (C=O) groups is 3. The van der Waals surface area contributed by atoms with Crippen molar-refractivity contribution in [1.82, 2.24) is 4.98 Å². The molecular weight excluding hydrogens is 512 g/mol. The van der Waals surface area contributed by atoms with Gasteiger partial charge in [-0.25, -0.2) is 9.78 Å². The smallest absolute Gasteiger partial charge is 0.350 e. The number of esters is 1. The van der Waals surface area contributed by atoms with Gasteiger partial charge in [-0.15, -0.1) is 0 Å². The van der Waals surface area contributed by atoms with Crippen molar-refractivity contribution < 1.29 is 38.4 Å². The third kappa shape index (κ3) is 4.45. The van der Waals surface area contributed by atoms with Crippen molar-refractivity contribution in [3.63, 3.8) is 0 Å². The van der Waals surface area contributed by atoms with Gasteiger partial charge in [0, 0.05) is 5.56 Å². The molecule has 10 nitrogen and oxygen atoms in total. The molecule has 2 aromatic carbocycles. The number of ketones is 1. The Balaban J connectivity index is 1.97. The second kappa shape index (κ2) is 10.5. The summed E-state index contributed by atoms with van der Waals surface area (Å²) in [6.45, 7) is 3.40. The summed E-state index contributed by atoms with van der Waals surface area (Å²) in [7, 11) is 5.73. The molecule has 3 aromatic rings. The Morgan fingerprint density at radius 2 is 1.61 bits per heavy atom. The van der Waals surface area contributed by atoms with Crippen LogP contribution in [0.1, 0.15) is 38.1 Å². The molecule has 0 unspecified atom stereocenters. The van der Waals surface area contributed by atoms with Crippen molar-refractivity contribution in [2.24, 2.45) is 0 Å². The normalized spacial score (nSPS) is 16.5.